The Bertz CT molecular complexity index is 966. The number of benzene rings is 1. The molecule has 0 unspecified atom stereocenters. The molecule has 0 aliphatic carbocycles. The molecule has 0 radical (unpaired) electrons. The van der Waals surface area contributed by atoms with Gasteiger partial charge in [0, 0.05) is 5.41 Å². The van der Waals surface area contributed by atoms with Crippen molar-refractivity contribution in [3.8, 4) is 0 Å². The molecule has 9 heteroatoms. The van der Waals surface area contributed by atoms with Gasteiger partial charge in [-0.1, -0.05) is 66.5 Å². The summed E-state index contributed by atoms with van der Waals surface area (Å²) in [6.45, 7) is -0.241. The lowest BCUT2D eigenvalue weighted by atomic mass is 10.2. The average molecular weight is 421 g/mol. The van der Waals surface area contributed by atoms with Gasteiger partial charge in [0.2, 0.25) is 5.91 Å². The van der Waals surface area contributed by atoms with Crippen LogP contribution in [0.4, 0.5) is 0 Å². The van der Waals surface area contributed by atoms with E-state index in [1.807, 2.05) is 36.4 Å². The molecule has 2 aliphatic heterocycles. The molecular formula is C18H16N2O4S3. The zero-order chi connectivity index (χ0) is 19.4. The van der Waals surface area contributed by atoms with Crippen LogP contribution in [0.25, 0.3) is 6.08 Å². The van der Waals surface area contributed by atoms with E-state index in [0.717, 1.165) is 22.7 Å². The molecular weight excluding hydrogens is 404 g/mol. The van der Waals surface area contributed by atoms with Crippen LogP contribution >= 0.6 is 24.0 Å². The molecule has 0 spiro atoms. The van der Waals surface area contributed by atoms with Crippen LogP contribution in [0.2, 0.25) is 0 Å². The summed E-state index contributed by atoms with van der Waals surface area (Å²) < 4.78 is 23.0. The Kier molecular flexibility index (Phi) is 5.93. The van der Waals surface area contributed by atoms with Crippen LogP contribution in [0.3, 0.4) is 0 Å². The van der Waals surface area contributed by atoms with E-state index >= 15 is 0 Å². The fourth-order valence-corrected chi connectivity index (χ4v) is 4.96. The normalized spacial score (nSPS) is 22.9. The third-order valence-electron chi connectivity index (χ3n) is 3.79. The Hall–Kier alpha value is -2.23. The van der Waals surface area contributed by atoms with E-state index in [1.54, 1.807) is 12.2 Å². The lowest BCUT2D eigenvalue weighted by Gasteiger charge is -2.16. The topological polar surface area (TPSA) is 83.6 Å². The highest BCUT2D eigenvalue weighted by atomic mass is 32.2. The van der Waals surface area contributed by atoms with E-state index in [1.165, 1.54) is 11.0 Å². The van der Waals surface area contributed by atoms with Gasteiger partial charge in [-0.15, -0.1) is 0 Å². The minimum Gasteiger partial charge on any atom is -0.347 e. The Morgan fingerprint density at radius 1 is 1.33 bits per heavy atom. The van der Waals surface area contributed by atoms with E-state index in [4.69, 9.17) is 12.2 Å². The molecule has 27 heavy (non-hydrogen) atoms. The van der Waals surface area contributed by atoms with Crippen molar-refractivity contribution in [2.24, 2.45) is 0 Å². The van der Waals surface area contributed by atoms with E-state index in [-0.39, 0.29) is 18.2 Å². The van der Waals surface area contributed by atoms with Crippen molar-refractivity contribution in [2.45, 2.75) is 6.04 Å². The van der Waals surface area contributed by atoms with Gasteiger partial charge in [-0.25, -0.2) is 8.42 Å². The standard InChI is InChI=1S/C18H16N2O4S3/c21-16(19-14-9-10-27(23,24)12-14)11-20-17(22)15(26-18(20)25)8-4-7-13-5-2-1-3-6-13/h1-10,14H,11-12H2,(H,19,21)/b7-4+,15-8-/t14-/m1/s1. The first-order valence-corrected chi connectivity index (χ1v) is 11.0. The largest absolute Gasteiger partial charge is 0.347 e. The molecule has 1 saturated heterocycles. The van der Waals surface area contributed by atoms with Gasteiger partial charge in [0.25, 0.3) is 5.91 Å². The van der Waals surface area contributed by atoms with Crippen molar-refractivity contribution >= 4 is 56.0 Å². The van der Waals surface area contributed by atoms with Gasteiger partial charge in [0.1, 0.15) is 10.9 Å². The van der Waals surface area contributed by atoms with Crippen molar-refractivity contribution in [1.29, 1.82) is 0 Å². The Morgan fingerprint density at radius 3 is 2.74 bits per heavy atom. The van der Waals surface area contributed by atoms with Gasteiger partial charge in [-0.3, -0.25) is 14.5 Å². The molecule has 3 rings (SSSR count). The van der Waals surface area contributed by atoms with Crippen molar-refractivity contribution in [1.82, 2.24) is 10.2 Å². The minimum atomic E-state index is -3.25. The second kappa shape index (κ2) is 8.20. The summed E-state index contributed by atoms with van der Waals surface area (Å²) in [5.41, 5.74) is 1.00. The summed E-state index contributed by atoms with van der Waals surface area (Å²) >= 11 is 6.32. The highest BCUT2D eigenvalue weighted by Gasteiger charge is 2.33. The maximum Gasteiger partial charge on any atom is 0.266 e. The fourth-order valence-electron chi connectivity index (χ4n) is 2.52. The third kappa shape index (κ3) is 5.15. The monoisotopic (exact) mass is 420 g/mol. The van der Waals surface area contributed by atoms with Gasteiger partial charge in [0.15, 0.2) is 9.84 Å². The summed E-state index contributed by atoms with van der Waals surface area (Å²) in [4.78, 5) is 26.2. The number of rotatable bonds is 5. The summed E-state index contributed by atoms with van der Waals surface area (Å²) in [7, 11) is -3.25. The van der Waals surface area contributed by atoms with Crippen LogP contribution in [0, 0.1) is 0 Å². The first-order valence-electron chi connectivity index (χ1n) is 8.01. The molecule has 2 amide bonds. The number of sulfone groups is 1. The number of thiocarbonyl (C=S) groups is 1. The maximum atomic E-state index is 12.5. The number of nitrogens with one attached hydrogen (secondary N) is 1. The van der Waals surface area contributed by atoms with Crippen LogP contribution < -0.4 is 5.32 Å². The summed E-state index contributed by atoms with van der Waals surface area (Å²) in [5.74, 6) is -0.965. The molecule has 140 valence electrons. The molecule has 1 aromatic carbocycles. The molecule has 0 bridgehead atoms. The predicted molar refractivity (Wildman–Crippen MR) is 110 cm³/mol. The number of carbonyl (C=O) groups excluding carboxylic acids is 2. The SMILES string of the molecule is O=C(CN1C(=O)/C(=C/C=C/c2ccccc2)SC1=S)N[C@@H]1C=CS(=O)(=O)C1. The quantitative estimate of drug-likeness (QED) is 0.578. The van der Waals surface area contributed by atoms with Gasteiger partial charge in [-0.2, -0.15) is 0 Å². The summed E-state index contributed by atoms with van der Waals surface area (Å²) in [6, 6.07) is 9.06. The van der Waals surface area contributed by atoms with Crippen molar-refractivity contribution in [2.75, 3.05) is 12.3 Å². The molecule has 6 nitrogen and oxygen atoms in total. The zero-order valence-electron chi connectivity index (χ0n) is 14.1. The van der Waals surface area contributed by atoms with Crippen molar-refractivity contribution in [3.63, 3.8) is 0 Å². The van der Waals surface area contributed by atoms with Gasteiger partial charge in [0.05, 0.1) is 16.7 Å². The highest BCUT2D eigenvalue weighted by molar-refractivity contribution is 8.26. The second-order valence-corrected chi connectivity index (χ2v) is 9.50. The van der Waals surface area contributed by atoms with Crippen molar-refractivity contribution in [3.05, 3.63) is 64.4 Å². The first kappa shape index (κ1) is 19.5. The zero-order valence-corrected chi connectivity index (χ0v) is 16.5. The first-order chi connectivity index (χ1) is 12.8. The number of carbonyl (C=O) groups is 2. The molecule has 0 aromatic heterocycles. The van der Waals surface area contributed by atoms with Crippen molar-refractivity contribution < 1.29 is 18.0 Å². The third-order valence-corrected chi connectivity index (χ3v) is 6.58. The molecule has 1 N–H and O–H groups in total. The molecule has 2 aliphatic rings. The minimum absolute atomic E-state index is 0.165. The number of hydrogen-bond donors (Lipinski definition) is 1. The lowest BCUT2D eigenvalue weighted by Crippen LogP contribution is -2.43. The Morgan fingerprint density at radius 2 is 2.07 bits per heavy atom. The summed E-state index contributed by atoms with van der Waals surface area (Å²) in [5, 5.41) is 3.66. The molecule has 2 heterocycles. The average Bonchev–Trinajstić information content (AvgIpc) is 3.09. The second-order valence-electron chi connectivity index (χ2n) is 5.89. The Labute approximate surface area is 166 Å². The van der Waals surface area contributed by atoms with E-state index in [2.05, 4.69) is 5.32 Å². The molecule has 1 aromatic rings. The van der Waals surface area contributed by atoms with Gasteiger partial charge >= 0.3 is 0 Å². The summed E-state index contributed by atoms with van der Waals surface area (Å²) in [6.07, 6.45) is 6.71. The number of allylic oxidation sites excluding steroid dienone is 2. The van der Waals surface area contributed by atoms with E-state index in [9.17, 15) is 18.0 Å². The van der Waals surface area contributed by atoms with Crippen LogP contribution in [0.15, 0.2) is 58.9 Å². The molecule has 1 atom stereocenters. The molecule has 1 fully saturated rings. The van der Waals surface area contributed by atoms with Crippen LogP contribution in [-0.2, 0) is 19.4 Å². The number of nitrogens with zero attached hydrogens (tertiary/aromatic N) is 1. The number of thioether (sulfide) groups is 1. The van der Waals surface area contributed by atoms with E-state index in [0.29, 0.717) is 9.23 Å². The van der Waals surface area contributed by atoms with E-state index < -0.39 is 21.8 Å². The van der Waals surface area contributed by atoms with Crippen LogP contribution in [0.5, 0.6) is 0 Å². The Balaban J connectivity index is 1.59. The van der Waals surface area contributed by atoms with Crippen LogP contribution in [-0.4, -0.2) is 47.8 Å². The number of amides is 2. The predicted octanol–water partition coefficient (Wildman–Crippen LogP) is 1.87. The fraction of sp³-hybridized carbons (Fsp3) is 0.167. The maximum absolute atomic E-state index is 12.5. The van der Waals surface area contributed by atoms with Gasteiger partial charge < -0.3 is 5.32 Å². The van der Waals surface area contributed by atoms with Gasteiger partial charge in [-0.05, 0) is 17.7 Å². The lowest BCUT2D eigenvalue weighted by molar-refractivity contribution is -0.128. The smallest absolute Gasteiger partial charge is 0.266 e. The highest BCUT2D eigenvalue weighted by Crippen LogP contribution is 2.30. The molecule has 0 saturated carbocycles. The number of hydrogen-bond acceptors (Lipinski definition) is 6. The van der Waals surface area contributed by atoms with Crippen LogP contribution in [0.1, 0.15) is 5.56 Å².